The van der Waals surface area contributed by atoms with E-state index in [0.29, 0.717) is 17.1 Å². The minimum atomic E-state index is -0.362. The van der Waals surface area contributed by atoms with E-state index in [1.807, 2.05) is 6.07 Å². The second-order valence-corrected chi connectivity index (χ2v) is 4.45. The lowest BCUT2D eigenvalue weighted by Crippen LogP contribution is -2.04. The minimum Gasteiger partial charge on any atom is -0.493 e. The van der Waals surface area contributed by atoms with Gasteiger partial charge in [0.25, 0.3) is 0 Å². The number of allylic oxidation sites excluding steroid dienone is 2. The first kappa shape index (κ1) is 19.2. The molecule has 0 aromatic heterocycles. The zero-order chi connectivity index (χ0) is 19.0. The average molecular weight is 340 g/mol. The summed E-state index contributed by atoms with van der Waals surface area (Å²) in [6.45, 7) is 0. The standard InChI is InChI=1S/C17H16N4O4/c1-22-13-6-10(15(23-2)17(25-4)16(13)24-3)5-11(7-18)14(21)12(8-19)9-20/h5-6H,21H2,1-4H3/b11-5+. The van der Waals surface area contributed by atoms with E-state index in [9.17, 15) is 5.26 Å². The fraction of sp³-hybridized carbons (Fsp3) is 0.235. The van der Waals surface area contributed by atoms with Crippen LogP contribution in [0, 0.1) is 34.0 Å². The van der Waals surface area contributed by atoms with Gasteiger partial charge in [0.1, 0.15) is 18.2 Å². The summed E-state index contributed by atoms with van der Waals surface area (Å²) >= 11 is 0. The van der Waals surface area contributed by atoms with E-state index in [0.717, 1.165) is 0 Å². The third kappa shape index (κ3) is 3.74. The summed E-state index contributed by atoms with van der Waals surface area (Å²) in [5.41, 5.74) is 5.47. The van der Waals surface area contributed by atoms with Gasteiger partial charge in [-0.2, -0.15) is 15.8 Å². The fourth-order valence-electron chi connectivity index (χ4n) is 2.07. The van der Waals surface area contributed by atoms with E-state index in [4.69, 9.17) is 35.2 Å². The topological polar surface area (TPSA) is 134 Å². The predicted octanol–water partition coefficient (Wildman–Crippen LogP) is 1.89. The van der Waals surface area contributed by atoms with Gasteiger partial charge in [-0.25, -0.2) is 0 Å². The number of nitriles is 3. The van der Waals surface area contributed by atoms with Crippen molar-refractivity contribution in [3.8, 4) is 41.2 Å². The van der Waals surface area contributed by atoms with Crippen LogP contribution >= 0.6 is 0 Å². The number of hydrogen-bond acceptors (Lipinski definition) is 8. The van der Waals surface area contributed by atoms with Crippen LogP contribution in [0.15, 0.2) is 22.9 Å². The van der Waals surface area contributed by atoms with Gasteiger partial charge in [-0.05, 0) is 12.1 Å². The number of ether oxygens (including phenoxy) is 4. The fourth-order valence-corrected chi connectivity index (χ4v) is 2.07. The lowest BCUT2D eigenvalue weighted by atomic mass is 10.0. The summed E-state index contributed by atoms with van der Waals surface area (Å²) in [5, 5.41) is 27.2. The van der Waals surface area contributed by atoms with Crippen LogP contribution in [0.3, 0.4) is 0 Å². The first-order valence-electron chi connectivity index (χ1n) is 6.81. The van der Waals surface area contributed by atoms with Crippen molar-refractivity contribution in [2.75, 3.05) is 28.4 Å². The molecule has 0 aliphatic heterocycles. The normalized spacial score (nSPS) is 9.88. The first-order chi connectivity index (χ1) is 12.0. The Balaban J connectivity index is 3.78. The van der Waals surface area contributed by atoms with Crippen molar-refractivity contribution in [1.29, 1.82) is 15.8 Å². The summed E-state index contributed by atoms with van der Waals surface area (Å²) < 4.78 is 21.2. The SMILES string of the molecule is COc1cc(/C=C(\C#N)C(N)=C(C#N)C#N)c(OC)c(OC)c1OC. The van der Waals surface area contributed by atoms with Crippen LogP contribution in [-0.4, -0.2) is 28.4 Å². The third-order valence-electron chi connectivity index (χ3n) is 3.22. The van der Waals surface area contributed by atoms with Gasteiger partial charge in [-0.15, -0.1) is 0 Å². The van der Waals surface area contributed by atoms with Gasteiger partial charge in [-0.3, -0.25) is 0 Å². The van der Waals surface area contributed by atoms with Crippen molar-refractivity contribution in [3.63, 3.8) is 0 Å². The van der Waals surface area contributed by atoms with E-state index in [1.165, 1.54) is 34.5 Å². The Labute approximate surface area is 145 Å². The molecule has 8 nitrogen and oxygen atoms in total. The van der Waals surface area contributed by atoms with Gasteiger partial charge in [0.05, 0.1) is 39.7 Å². The highest BCUT2D eigenvalue weighted by atomic mass is 16.5. The summed E-state index contributed by atoms with van der Waals surface area (Å²) in [4.78, 5) is 0. The molecule has 0 spiro atoms. The molecule has 0 radical (unpaired) electrons. The molecule has 0 aliphatic carbocycles. The molecule has 0 amide bonds. The average Bonchev–Trinajstić information content (AvgIpc) is 2.65. The number of benzene rings is 1. The first-order valence-corrected chi connectivity index (χ1v) is 6.81. The monoisotopic (exact) mass is 340 g/mol. The van der Waals surface area contributed by atoms with Gasteiger partial charge in [0, 0.05) is 5.56 Å². The predicted molar refractivity (Wildman–Crippen MR) is 88.7 cm³/mol. The Kier molecular flexibility index (Phi) is 6.70. The maximum Gasteiger partial charge on any atom is 0.207 e. The van der Waals surface area contributed by atoms with Crippen LogP contribution in [-0.2, 0) is 0 Å². The smallest absolute Gasteiger partial charge is 0.207 e. The van der Waals surface area contributed by atoms with Gasteiger partial charge >= 0.3 is 0 Å². The summed E-state index contributed by atoms with van der Waals surface area (Å²) in [6.07, 6.45) is 1.37. The molecule has 0 saturated carbocycles. The quantitative estimate of drug-likeness (QED) is 0.612. The molecule has 0 atom stereocenters. The Hall–Kier alpha value is -3.83. The van der Waals surface area contributed by atoms with Crippen molar-refractivity contribution >= 4 is 6.08 Å². The van der Waals surface area contributed by atoms with Gasteiger partial charge in [-0.1, -0.05) is 0 Å². The van der Waals surface area contributed by atoms with E-state index in [-0.39, 0.29) is 28.3 Å². The number of methoxy groups -OCH3 is 4. The van der Waals surface area contributed by atoms with Crippen molar-refractivity contribution in [2.45, 2.75) is 0 Å². The summed E-state index contributed by atoms with van der Waals surface area (Å²) in [5.74, 6) is 1.19. The maximum atomic E-state index is 9.34. The van der Waals surface area contributed by atoms with Crippen molar-refractivity contribution < 1.29 is 18.9 Å². The van der Waals surface area contributed by atoms with Crippen molar-refractivity contribution in [1.82, 2.24) is 0 Å². The lowest BCUT2D eigenvalue weighted by molar-refractivity contribution is 0.305. The molecule has 0 fully saturated rings. The van der Waals surface area contributed by atoms with Gasteiger partial charge < -0.3 is 24.7 Å². The molecular formula is C17H16N4O4. The molecule has 25 heavy (non-hydrogen) atoms. The van der Waals surface area contributed by atoms with E-state index in [2.05, 4.69) is 0 Å². The number of hydrogen-bond donors (Lipinski definition) is 1. The van der Waals surface area contributed by atoms with Gasteiger partial charge in [0.15, 0.2) is 17.1 Å². The zero-order valence-corrected chi connectivity index (χ0v) is 14.2. The molecule has 0 heterocycles. The highest BCUT2D eigenvalue weighted by Crippen LogP contribution is 2.47. The Morgan fingerprint density at radius 1 is 0.880 bits per heavy atom. The molecule has 8 heteroatoms. The molecule has 0 saturated heterocycles. The minimum absolute atomic E-state index is 0.0781. The summed E-state index contributed by atoms with van der Waals surface area (Å²) in [6, 6.07) is 6.71. The maximum absolute atomic E-state index is 9.34. The highest BCUT2D eigenvalue weighted by Gasteiger charge is 2.21. The lowest BCUT2D eigenvalue weighted by Gasteiger charge is -2.17. The Morgan fingerprint density at radius 2 is 1.44 bits per heavy atom. The second kappa shape index (κ2) is 8.71. The number of nitrogens with zero attached hydrogens (tertiary/aromatic N) is 3. The molecule has 0 aliphatic rings. The molecule has 1 aromatic carbocycles. The van der Waals surface area contributed by atoms with Crippen molar-refractivity contribution in [2.24, 2.45) is 5.73 Å². The number of nitrogens with two attached hydrogens (primary N) is 1. The molecule has 0 bridgehead atoms. The zero-order valence-electron chi connectivity index (χ0n) is 14.2. The Morgan fingerprint density at radius 3 is 1.84 bits per heavy atom. The molecule has 0 unspecified atom stereocenters. The Bertz CT molecular complexity index is 835. The van der Waals surface area contributed by atoms with Gasteiger partial charge in [0.2, 0.25) is 11.5 Å². The van der Waals surface area contributed by atoms with E-state index in [1.54, 1.807) is 18.2 Å². The molecular weight excluding hydrogens is 324 g/mol. The van der Waals surface area contributed by atoms with Crippen LogP contribution < -0.4 is 24.7 Å². The third-order valence-corrected chi connectivity index (χ3v) is 3.22. The molecule has 1 aromatic rings. The molecule has 2 N–H and O–H groups in total. The summed E-state index contributed by atoms with van der Waals surface area (Å²) in [7, 11) is 5.74. The van der Waals surface area contributed by atoms with E-state index >= 15 is 0 Å². The van der Waals surface area contributed by atoms with Crippen LogP contribution in [0.2, 0.25) is 0 Å². The second-order valence-electron chi connectivity index (χ2n) is 4.45. The van der Waals surface area contributed by atoms with Crippen molar-refractivity contribution in [3.05, 3.63) is 28.5 Å². The van der Waals surface area contributed by atoms with Crippen LogP contribution in [0.5, 0.6) is 23.0 Å². The molecule has 1 rings (SSSR count). The van der Waals surface area contributed by atoms with Crippen LogP contribution in [0.1, 0.15) is 5.56 Å². The highest BCUT2D eigenvalue weighted by molar-refractivity contribution is 5.75. The molecule has 128 valence electrons. The van der Waals surface area contributed by atoms with Crippen LogP contribution in [0.25, 0.3) is 6.08 Å². The number of rotatable bonds is 6. The largest absolute Gasteiger partial charge is 0.493 e. The van der Waals surface area contributed by atoms with E-state index < -0.39 is 0 Å². The van der Waals surface area contributed by atoms with Crippen LogP contribution in [0.4, 0.5) is 0 Å².